The topological polar surface area (TPSA) is 67.5 Å². The summed E-state index contributed by atoms with van der Waals surface area (Å²) in [6, 6.07) is -0.632. The second-order valence-corrected chi connectivity index (χ2v) is 3.90. The minimum Gasteiger partial charge on any atom is -0.350 e. The Morgan fingerprint density at radius 2 is 2.40 bits per heavy atom. The molecule has 2 amide bonds. The molecule has 1 unspecified atom stereocenters. The third-order valence-corrected chi connectivity index (χ3v) is 2.60. The van der Waals surface area contributed by atoms with Crippen molar-refractivity contribution in [2.45, 2.75) is 26.7 Å². The van der Waals surface area contributed by atoms with E-state index in [4.69, 9.17) is 5.73 Å². The van der Waals surface area contributed by atoms with Crippen molar-refractivity contribution in [3.05, 3.63) is 23.8 Å². The highest BCUT2D eigenvalue weighted by Crippen LogP contribution is 2.26. The van der Waals surface area contributed by atoms with Gasteiger partial charge in [0.05, 0.1) is 5.71 Å². The largest absolute Gasteiger partial charge is 0.350 e. The molecule has 1 aliphatic rings. The number of allylic oxidation sites excluding steroid dienone is 3. The molecular formula is C11H17N3O. The number of hydrogen-bond donors (Lipinski definition) is 2. The fourth-order valence-corrected chi connectivity index (χ4v) is 1.55. The van der Waals surface area contributed by atoms with Gasteiger partial charge in [0.15, 0.2) is 0 Å². The van der Waals surface area contributed by atoms with Crippen LogP contribution in [-0.2, 0) is 0 Å². The van der Waals surface area contributed by atoms with Crippen molar-refractivity contribution in [1.82, 2.24) is 5.43 Å². The molecule has 0 aliphatic heterocycles. The zero-order valence-electron chi connectivity index (χ0n) is 9.21. The summed E-state index contributed by atoms with van der Waals surface area (Å²) in [5.41, 5.74) is 10.3. The van der Waals surface area contributed by atoms with E-state index in [9.17, 15) is 4.79 Å². The summed E-state index contributed by atoms with van der Waals surface area (Å²) in [5, 5.41) is 3.98. The Labute approximate surface area is 89.9 Å². The summed E-state index contributed by atoms with van der Waals surface area (Å²) >= 11 is 0. The van der Waals surface area contributed by atoms with Gasteiger partial charge in [0.1, 0.15) is 0 Å². The molecule has 0 fully saturated rings. The van der Waals surface area contributed by atoms with Gasteiger partial charge in [0.2, 0.25) is 0 Å². The quantitative estimate of drug-likeness (QED) is 0.527. The van der Waals surface area contributed by atoms with E-state index < -0.39 is 6.03 Å². The van der Waals surface area contributed by atoms with E-state index in [1.54, 1.807) is 0 Å². The number of primary amides is 1. The number of nitrogens with one attached hydrogen (secondary N) is 1. The Hall–Kier alpha value is -1.58. The van der Waals surface area contributed by atoms with Crippen LogP contribution in [0.5, 0.6) is 0 Å². The second kappa shape index (κ2) is 4.77. The van der Waals surface area contributed by atoms with Gasteiger partial charge in [-0.25, -0.2) is 10.2 Å². The molecule has 0 heterocycles. The van der Waals surface area contributed by atoms with Crippen LogP contribution in [-0.4, -0.2) is 11.7 Å². The lowest BCUT2D eigenvalue weighted by Crippen LogP contribution is -2.27. The SMILES string of the molecule is C=C(C)C1CC=C(C)C(=NNC(N)=O)C1. The average molecular weight is 207 g/mol. The van der Waals surface area contributed by atoms with Crippen LogP contribution in [0.2, 0.25) is 0 Å². The van der Waals surface area contributed by atoms with Gasteiger partial charge in [-0.1, -0.05) is 18.2 Å². The molecule has 1 atom stereocenters. The number of nitrogens with two attached hydrogens (primary N) is 1. The lowest BCUT2D eigenvalue weighted by molar-refractivity contribution is 0.249. The van der Waals surface area contributed by atoms with Crippen molar-refractivity contribution >= 4 is 11.7 Å². The number of rotatable bonds is 2. The van der Waals surface area contributed by atoms with Gasteiger partial charge in [-0.3, -0.25) is 0 Å². The summed E-state index contributed by atoms with van der Waals surface area (Å²) in [6.07, 6.45) is 3.93. The monoisotopic (exact) mass is 207 g/mol. The summed E-state index contributed by atoms with van der Waals surface area (Å²) < 4.78 is 0. The van der Waals surface area contributed by atoms with E-state index in [0.29, 0.717) is 5.92 Å². The minimum atomic E-state index is -0.632. The highest BCUT2D eigenvalue weighted by molar-refractivity contribution is 6.01. The van der Waals surface area contributed by atoms with E-state index >= 15 is 0 Å². The smallest absolute Gasteiger partial charge is 0.332 e. The summed E-state index contributed by atoms with van der Waals surface area (Å²) in [6.45, 7) is 7.93. The van der Waals surface area contributed by atoms with E-state index in [1.165, 1.54) is 0 Å². The van der Waals surface area contributed by atoms with E-state index in [1.807, 2.05) is 13.8 Å². The van der Waals surface area contributed by atoms with Crippen molar-refractivity contribution in [3.63, 3.8) is 0 Å². The minimum absolute atomic E-state index is 0.419. The molecule has 1 aliphatic carbocycles. The van der Waals surface area contributed by atoms with Crippen LogP contribution >= 0.6 is 0 Å². The number of hydrazone groups is 1. The average Bonchev–Trinajstić information content (AvgIpc) is 2.16. The maximum atomic E-state index is 10.5. The maximum Gasteiger partial charge on any atom is 0.332 e. The molecule has 0 aromatic rings. The highest BCUT2D eigenvalue weighted by Gasteiger charge is 2.18. The zero-order valence-corrected chi connectivity index (χ0v) is 9.21. The Morgan fingerprint density at radius 1 is 1.73 bits per heavy atom. The van der Waals surface area contributed by atoms with E-state index in [2.05, 4.69) is 23.2 Å². The molecule has 0 radical (unpaired) electrons. The van der Waals surface area contributed by atoms with Crippen LogP contribution in [0, 0.1) is 5.92 Å². The van der Waals surface area contributed by atoms with Gasteiger partial charge in [-0.15, -0.1) is 0 Å². The van der Waals surface area contributed by atoms with Crippen LogP contribution in [0.1, 0.15) is 26.7 Å². The molecule has 0 spiro atoms. The Morgan fingerprint density at radius 3 is 2.93 bits per heavy atom. The molecule has 0 aromatic heterocycles. The predicted octanol–water partition coefficient (Wildman–Crippen LogP) is 1.94. The Balaban J connectivity index is 2.75. The third kappa shape index (κ3) is 3.23. The molecule has 1 rings (SSSR count). The van der Waals surface area contributed by atoms with Gasteiger partial charge in [0, 0.05) is 0 Å². The van der Waals surface area contributed by atoms with Crippen molar-refractivity contribution in [1.29, 1.82) is 0 Å². The number of carbonyl (C=O) groups is 1. The molecule has 3 N–H and O–H groups in total. The van der Waals surface area contributed by atoms with Gasteiger partial charge < -0.3 is 5.73 Å². The fraction of sp³-hybridized carbons (Fsp3) is 0.455. The van der Waals surface area contributed by atoms with Crippen molar-refractivity contribution in [2.24, 2.45) is 16.8 Å². The molecule has 0 bridgehead atoms. The van der Waals surface area contributed by atoms with Gasteiger partial charge in [-0.2, -0.15) is 5.10 Å². The van der Waals surface area contributed by atoms with Crippen LogP contribution in [0.3, 0.4) is 0 Å². The molecule has 4 heteroatoms. The molecule has 15 heavy (non-hydrogen) atoms. The van der Waals surface area contributed by atoms with Crippen molar-refractivity contribution in [3.8, 4) is 0 Å². The number of carbonyl (C=O) groups excluding carboxylic acids is 1. The predicted molar refractivity (Wildman–Crippen MR) is 61.4 cm³/mol. The standard InChI is InChI=1S/C11H17N3O/c1-7(2)9-5-4-8(3)10(6-9)13-14-11(12)15/h4,9H,1,5-6H2,2-3H3,(H3,12,14,15). The normalized spacial score (nSPS) is 23.5. The number of urea groups is 1. The summed E-state index contributed by atoms with van der Waals surface area (Å²) in [4.78, 5) is 10.5. The lowest BCUT2D eigenvalue weighted by atomic mass is 9.85. The Bertz CT molecular complexity index is 342. The van der Waals surface area contributed by atoms with Crippen LogP contribution in [0.4, 0.5) is 4.79 Å². The first kappa shape index (κ1) is 11.5. The first-order chi connectivity index (χ1) is 7.00. The second-order valence-electron chi connectivity index (χ2n) is 3.90. The van der Waals surface area contributed by atoms with Gasteiger partial charge in [0.25, 0.3) is 0 Å². The molecule has 0 aromatic carbocycles. The number of amides is 2. The first-order valence-corrected chi connectivity index (χ1v) is 4.95. The number of nitrogens with zero attached hydrogens (tertiary/aromatic N) is 1. The van der Waals surface area contributed by atoms with E-state index in [-0.39, 0.29) is 0 Å². The van der Waals surface area contributed by atoms with Crippen LogP contribution in [0.25, 0.3) is 0 Å². The first-order valence-electron chi connectivity index (χ1n) is 4.95. The maximum absolute atomic E-state index is 10.5. The van der Waals surface area contributed by atoms with Gasteiger partial charge >= 0.3 is 6.03 Å². The molecule has 82 valence electrons. The molecule has 4 nitrogen and oxygen atoms in total. The van der Waals surface area contributed by atoms with Crippen molar-refractivity contribution in [2.75, 3.05) is 0 Å². The van der Waals surface area contributed by atoms with Gasteiger partial charge in [-0.05, 0) is 38.2 Å². The lowest BCUT2D eigenvalue weighted by Gasteiger charge is -2.22. The van der Waals surface area contributed by atoms with Crippen LogP contribution < -0.4 is 11.2 Å². The Kier molecular flexibility index (Phi) is 3.66. The number of hydrogen-bond acceptors (Lipinski definition) is 2. The molecular weight excluding hydrogens is 190 g/mol. The van der Waals surface area contributed by atoms with E-state index in [0.717, 1.165) is 29.7 Å². The summed E-state index contributed by atoms with van der Waals surface area (Å²) in [7, 11) is 0. The van der Waals surface area contributed by atoms with Crippen molar-refractivity contribution < 1.29 is 4.79 Å². The molecule has 0 saturated carbocycles. The fourth-order valence-electron chi connectivity index (χ4n) is 1.55. The highest BCUT2D eigenvalue weighted by atomic mass is 16.2. The third-order valence-electron chi connectivity index (χ3n) is 2.60. The summed E-state index contributed by atoms with van der Waals surface area (Å²) in [5.74, 6) is 0.419. The molecule has 0 saturated heterocycles. The van der Waals surface area contributed by atoms with Crippen LogP contribution in [0.15, 0.2) is 28.9 Å². The zero-order chi connectivity index (χ0) is 11.4.